The Morgan fingerprint density at radius 1 is 0.457 bits per heavy atom. The van der Waals surface area contributed by atoms with Gasteiger partial charge in [0.1, 0.15) is 13.2 Å². The Kier molecular flexibility index (Phi) is 29.7. The molecule has 0 fully saturated rings. The smallest absolute Gasteiger partial charge is 0.305 e. The van der Waals surface area contributed by atoms with Crippen molar-refractivity contribution in [3.63, 3.8) is 0 Å². The van der Waals surface area contributed by atoms with Crippen molar-refractivity contribution >= 4 is 23.8 Å². The van der Waals surface area contributed by atoms with Crippen LogP contribution in [0.4, 0.5) is 0 Å². The molecule has 0 saturated heterocycles. The molecule has 13 heteroatoms. The van der Waals surface area contributed by atoms with Crippen LogP contribution in [0.1, 0.15) is 79.6 Å². The van der Waals surface area contributed by atoms with Crippen LogP contribution in [0.15, 0.2) is 0 Å². The van der Waals surface area contributed by atoms with Crippen molar-refractivity contribution in [3.05, 3.63) is 0 Å². The fraction of sp³-hybridized carbons (Fsp3) is 0.879. The Labute approximate surface area is 278 Å². The zero-order valence-corrected chi connectivity index (χ0v) is 29.6. The highest BCUT2D eigenvalue weighted by Crippen LogP contribution is 1.99. The van der Waals surface area contributed by atoms with Gasteiger partial charge in [0.25, 0.3) is 0 Å². The van der Waals surface area contributed by atoms with Gasteiger partial charge < -0.3 is 34.5 Å². The summed E-state index contributed by atoms with van der Waals surface area (Å²) in [5, 5.41) is 5.99. The highest BCUT2D eigenvalue weighted by Gasteiger charge is 2.13. The lowest BCUT2D eigenvalue weighted by Gasteiger charge is -2.23. The topological polar surface area (TPSA) is 139 Å². The number of esters is 2. The minimum Gasteiger partial charge on any atom is -0.464 e. The average Bonchev–Trinajstić information content (AvgIpc) is 3.05. The lowest BCUT2D eigenvalue weighted by Crippen LogP contribution is -2.40. The second-order valence-corrected chi connectivity index (χ2v) is 11.1. The summed E-state index contributed by atoms with van der Waals surface area (Å²) in [4.78, 5) is 54.5. The summed E-state index contributed by atoms with van der Waals surface area (Å²) in [5.74, 6) is -0.498. The van der Waals surface area contributed by atoms with Crippen LogP contribution < -0.4 is 10.6 Å². The van der Waals surface area contributed by atoms with Gasteiger partial charge in [-0.25, -0.2) is 0 Å². The van der Waals surface area contributed by atoms with Crippen LogP contribution in [0.3, 0.4) is 0 Å². The fourth-order valence-corrected chi connectivity index (χ4v) is 4.39. The predicted octanol–water partition coefficient (Wildman–Crippen LogP) is 2.07. The van der Waals surface area contributed by atoms with Crippen LogP contribution in [0, 0.1) is 0 Å². The van der Waals surface area contributed by atoms with Crippen molar-refractivity contribution in [1.29, 1.82) is 0 Å². The first-order valence-corrected chi connectivity index (χ1v) is 17.5. The number of carbonyl (C=O) groups is 4. The summed E-state index contributed by atoms with van der Waals surface area (Å²) >= 11 is 0. The first-order valence-electron chi connectivity index (χ1n) is 17.5. The summed E-state index contributed by atoms with van der Waals surface area (Å²) in [5.41, 5.74) is 0. The van der Waals surface area contributed by atoms with Crippen molar-refractivity contribution in [2.75, 3.05) is 112 Å². The first-order chi connectivity index (χ1) is 22.3. The molecule has 270 valence electrons. The number of rotatable bonds is 32. The van der Waals surface area contributed by atoms with Gasteiger partial charge in [-0.1, -0.05) is 34.6 Å². The van der Waals surface area contributed by atoms with Crippen LogP contribution in [-0.4, -0.2) is 150 Å². The molecule has 0 aliphatic rings. The SMILES string of the molecule is CCCOCCN(CCNC(=O)CCN(CCC)CCC(=O)NCCN(CCOCCC)CCOC(=O)CC)CCOC(=O)CC. The van der Waals surface area contributed by atoms with E-state index in [1.165, 1.54) is 0 Å². The summed E-state index contributed by atoms with van der Waals surface area (Å²) in [6.07, 6.45) is 4.25. The van der Waals surface area contributed by atoms with E-state index < -0.39 is 0 Å². The molecule has 0 rings (SSSR count). The third-order valence-electron chi connectivity index (χ3n) is 7.07. The van der Waals surface area contributed by atoms with Gasteiger partial charge in [-0.3, -0.25) is 29.0 Å². The van der Waals surface area contributed by atoms with Crippen molar-refractivity contribution in [2.24, 2.45) is 0 Å². The molecule has 0 aromatic rings. The molecule has 0 heterocycles. The number of hydrogen-bond donors (Lipinski definition) is 2. The standard InChI is InChI=1S/C33H65N5O8/c1-6-15-36(16-11-30(39)34-13-18-37(20-26-43-24-7-2)22-28-45-32(41)9-4)17-12-31(40)35-14-19-38(21-27-44-25-8-3)23-29-46-33(42)10-5/h6-29H2,1-5H3,(H,34,39)(H,35,40). The lowest BCUT2D eigenvalue weighted by molar-refractivity contribution is -0.144. The molecular formula is C33H65N5O8. The van der Waals surface area contributed by atoms with Gasteiger partial charge in [-0.05, 0) is 25.8 Å². The molecule has 0 aliphatic heterocycles. The van der Waals surface area contributed by atoms with Gasteiger partial charge >= 0.3 is 11.9 Å². The van der Waals surface area contributed by atoms with Crippen LogP contribution in [-0.2, 0) is 38.1 Å². The highest BCUT2D eigenvalue weighted by atomic mass is 16.5. The maximum Gasteiger partial charge on any atom is 0.305 e. The van der Waals surface area contributed by atoms with E-state index in [1.807, 2.05) is 0 Å². The number of hydrogen-bond acceptors (Lipinski definition) is 11. The summed E-state index contributed by atoms with van der Waals surface area (Å²) in [6, 6.07) is 0. The summed E-state index contributed by atoms with van der Waals surface area (Å²) in [6.45, 7) is 19.8. The number of nitrogens with zero attached hydrogens (tertiary/aromatic N) is 3. The summed E-state index contributed by atoms with van der Waals surface area (Å²) < 4.78 is 21.6. The van der Waals surface area contributed by atoms with Crippen molar-refractivity contribution in [1.82, 2.24) is 25.3 Å². The fourth-order valence-electron chi connectivity index (χ4n) is 4.39. The third kappa shape index (κ3) is 26.9. The van der Waals surface area contributed by atoms with E-state index in [0.717, 1.165) is 25.8 Å². The molecular weight excluding hydrogens is 594 g/mol. The molecule has 0 aromatic heterocycles. The quantitative estimate of drug-likeness (QED) is 0.0811. The van der Waals surface area contributed by atoms with Gasteiger partial charge in [-0.15, -0.1) is 0 Å². The van der Waals surface area contributed by atoms with Gasteiger partial charge in [-0.2, -0.15) is 0 Å². The maximum absolute atomic E-state index is 12.6. The van der Waals surface area contributed by atoms with Crippen LogP contribution >= 0.6 is 0 Å². The number of nitrogens with one attached hydrogen (secondary N) is 2. The molecule has 0 atom stereocenters. The molecule has 0 spiro atoms. The van der Waals surface area contributed by atoms with Crippen LogP contribution in [0.2, 0.25) is 0 Å². The Bertz CT molecular complexity index is 729. The van der Waals surface area contributed by atoms with E-state index in [9.17, 15) is 19.2 Å². The first kappa shape index (κ1) is 43.7. The molecule has 0 bridgehead atoms. The van der Waals surface area contributed by atoms with E-state index in [-0.39, 0.29) is 23.8 Å². The van der Waals surface area contributed by atoms with Gasteiger partial charge in [0.05, 0.1) is 13.2 Å². The molecule has 46 heavy (non-hydrogen) atoms. The Hall–Kier alpha value is -2.32. The molecule has 2 N–H and O–H groups in total. The van der Waals surface area contributed by atoms with E-state index in [2.05, 4.69) is 46.1 Å². The van der Waals surface area contributed by atoms with E-state index in [4.69, 9.17) is 18.9 Å². The minimum absolute atomic E-state index is 0.0298. The normalized spacial score (nSPS) is 11.3. The minimum atomic E-state index is -0.219. The van der Waals surface area contributed by atoms with Crippen molar-refractivity contribution in [3.8, 4) is 0 Å². The average molecular weight is 660 g/mol. The zero-order valence-electron chi connectivity index (χ0n) is 29.6. The molecule has 0 saturated carbocycles. The zero-order chi connectivity index (χ0) is 34.3. The third-order valence-corrected chi connectivity index (χ3v) is 7.07. The molecule has 13 nitrogen and oxygen atoms in total. The molecule has 0 unspecified atom stereocenters. The largest absolute Gasteiger partial charge is 0.464 e. The van der Waals surface area contributed by atoms with Gasteiger partial charge in [0.2, 0.25) is 11.8 Å². The number of amides is 2. The van der Waals surface area contributed by atoms with Crippen LogP contribution in [0.5, 0.6) is 0 Å². The molecule has 0 aliphatic carbocycles. The molecule has 0 radical (unpaired) electrons. The van der Waals surface area contributed by atoms with Gasteiger partial charge in [0.15, 0.2) is 0 Å². The lowest BCUT2D eigenvalue weighted by atomic mass is 10.3. The van der Waals surface area contributed by atoms with E-state index in [0.29, 0.717) is 131 Å². The van der Waals surface area contributed by atoms with Gasteiger partial charge in [0, 0.05) is 104 Å². The number of carbonyl (C=O) groups excluding carboxylic acids is 4. The van der Waals surface area contributed by atoms with Crippen molar-refractivity contribution < 1.29 is 38.1 Å². The summed E-state index contributed by atoms with van der Waals surface area (Å²) in [7, 11) is 0. The van der Waals surface area contributed by atoms with E-state index >= 15 is 0 Å². The van der Waals surface area contributed by atoms with Crippen LogP contribution in [0.25, 0.3) is 0 Å². The maximum atomic E-state index is 12.6. The van der Waals surface area contributed by atoms with E-state index in [1.54, 1.807) is 13.8 Å². The second-order valence-electron chi connectivity index (χ2n) is 11.1. The monoisotopic (exact) mass is 659 g/mol. The van der Waals surface area contributed by atoms with Crippen molar-refractivity contribution in [2.45, 2.75) is 79.6 Å². The molecule has 0 aromatic carbocycles. The Morgan fingerprint density at radius 2 is 0.848 bits per heavy atom. The highest BCUT2D eigenvalue weighted by molar-refractivity contribution is 5.76. The predicted molar refractivity (Wildman–Crippen MR) is 180 cm³/mol. The number of ether oxygens (including phenoxy) is 4. The second kappa shape index (κ2) is 31.3. The Balaban J connectivity index is 4.50. The molecule has 2 amide bonds. The Morgan fingerprint density at radius 3 is 1.22 bits per heavy atom.